The molecule has 0 unspecified atom stereocenters. The molecule has 4 aromatic rings. The molecule has 0 atom stereocenters. The van der Waals surface area contributed by atoms with E-state index in [1.165, 1.54) is 15.9 Å². The van der Waals surface area contributed by atoms with Gasteiger partial charge in [-0.2, -0.15) is 9.50 Å². The fourth-order valence-corrected chi connectivity index (χ4v) is 4.38. The molecule has 0 saturated carbocycles. The number of benzene rings is 2. The number of hydrogen-bond acceptors (Lipinski definition) is 6. The monoisotopic (exact) mass is 475 g/mol. The molecule has 160 valence electrons. The van der Waals surface area contributed by atoms with Crippen LogP contribution in [0.2, 0.25) is 10.0 Å². The van der Waals surface area contributed by atoms with Crippen molar-refractivity contribution in [2.75, 3.05) is 13.2 Å². The first kappa shape index (κ1) is 21.6. The van der Waals surface area contributed by atoms with Crippen molar-refractivity contribution in [3.63, 3.8) is 0 Å². The van der Waals surface area contributed by atoms with Gasteiger partial charge in [-0.25, -0.2) is 0 Å². The maximum absolute atomic E-state index is 12.9. The van der Waals surface area contributed by atoms with Crippen LogP contribution in [0.3, 0.4) is 0 Å². The van der Waals surface area contributed by atoms with Crippen LogP contribution in [0.5, 0.6) is 11.5 Å². The Morgan fingerprint density at radius 1 is 1.10 bits per heavy atom. The van der Waals surface area contributed by atoms with Crippen molar-refractivity contribution in [3.8, 4) is 22.9 Å². The molecule has 0 bridgehead atoms. The third-order valence-corrected chi connectivity index (χ3v) is 5.89. The highest BCUT2D eigenvalue weighted by Gasteiger charge is 2.15. The van der Waals surface area contributed by atoms with Gasteiger partial charge >= 0.3 is 0 Å². The van der Waals surface area contributed by atoms with E-state index in [2.05, 4.69) is 10.1 Å². The van der Waals surface area contributed by atoms with Crippen molar-refractivity contribution in [1.82, 2.24) is 14.6 Å². The average molecular weight is 476 g/mol. The molecule has 9 heteroatoms. The van der Waals surface area contributed by atoms with E-state index in [4.69, 9.17) is 32.7 Å². The lowest BCUT2D eigenvalue weighted by molar-refractivity contribution is 0.277. The predicted octanol–water partition coefficient (Wildman–Crippen LogP) is 4.86. The van der Waals surface area contributed by atoms with Gasteiger partial charge in [0.2, 0.25) is 4.96 Å². The van der Waals surface area contributed by atoms with Gasteiger partial charge in [0, 0.05) is 10.6 Å². The Morgan fingerprint density at radius 2 is 1.94 bits per heavy atom. The van der Waals surface area contributed by atoms with Crippen LogP contribution in [0.25, 0.3) is 22.4 Å². The summed E-state index contributed by atoms with van der Waals surface area (Å²) in [6.07, 6.45) is 2.70. The van der Waals surface area contributed by atoms with Gasteiger partial charge in [-0.1, -0.05) is 47.5 Å². The summed E-state index contributed by atoms with van der Waals surface area (Å²) in [6, 6.07) is 10.7. The molecule has 0 saturated heterocycles. The van der Waals surface area contributed by atoms with Crippen LogP contribution in [0.1, 0.15) is 25.8 Å². The normalized spacial score (nSPS) is 11.9. The lowest BCUT2D eigenvalue weighted by Crippen LogP contribution is -2.23. The molecule has 0 fully saturated rings. The molecule has 31 heavy (non-hydrogen) atoms. The lowest BCUT2D eigenvalue weighted by atomic mass is 10.2. The Hall–Kier alpha value is -2.61. The number of ether oxygens (including phenoxy) is 2. The van der Waals surface area contributed by atoms with Crippen LogP contribution in [-0.4, -0.2) is 27.8 Å². The smallest absolute Gasteiger partial charge is 0.291 e. The Morgan fingerprint density at radius 3 is 2.65 bits per heavy atom. The van der Waals surface area contributed by atoms with E-state index < -0.39 is 0 Å². The van der Waals surface area contributed by atoms with Crippen molar-refractivity contribution in [2.45, 2.75) is 20.3 Å². The number of thiazole rings is 1. The highest BCUT2D eigenvalue weighted by molar-refractivity contribution is 7.15. The number of rotatable bonds is 7. The maximum Gasteiger partial charge on any atom is 0.291 e. The SMILES string of the molecule is CCCOc1ccc(C=c2sc3nc(-c4ccc(Cl)cc4Cl)nn3c2=O)cc1OCC. The van der Waals surface area contributed by atoms with Crippen molar-refractivity contribution in [2.24, 2.45) is 0 Å². The van der Waals surface area contributed by atoms with E-state index in [-0.39, 0.29) is 5.56 Å². The van der Waals surface area contributed by atoms with Gasteiger partial charge in [-0.15, -0.1) is 5.10 Å². The summed E-state index contributed by atoms with van der Waals surface area (Å²) < 4.78 is 13.2. The van der Waals surface area contributed by atoms with E-state index in [0.717, 1.165) is 12.0 Å². The molecule has 4 rings (SSSR count). The topological polar surface area (TPSA) is 65.7 Å². The Labute approximate surface area is 192 Å². The van der Waals surface area contributed by atoms with Crippen LogP contribution >= 0.6 is 34.5 Å². The summed E-state index contributed by atoms with van der Waals surface area (Å²) in [6.45, 7) is 5.10. The first-order valence-corrected chi connectivity index (χ1v) is 11.3. The highest BCUT2D eigenvalue weighted by Crippen LogP contribution is 2.30. The zero-order valence-electron chi connectivity index (χ0n) is 16.9. The summed E-state index contributed by atoms with van der Waals surface area (Å²) in [7, 11) is 0. The maximum atomic E-state index is 12.9. The molecule has 0 spiro atoms. The van der Waals surface area contributed by atoms with Gasteiger partial charge in [0.1, 0.15) is 0 Å². The third-order valence-electron chi connectivity index (χ3n) is 4.38. The second kappa shape index (κ2) is 9.26. The Bertz CT molecular complexity index is 1350. The first-order valence-electron chi connectivity index (χ1n) is 9.76. The molecule has 6 nitrogen and oxygen atoms in total. The molecular weight excluding hydrogens is 457 g/mol. The molecule has 0 amide bonds. The van der Waals surface area contributed by atoms with Crippen LogP contribution in [0.4, 0.5) is 0 Å². The number of aromatic nitrogens is 3. The van der Waals surface area contributed by atoms with Crippen LogP contribution in [-0.2, 0) is 0 Å². The number of fused-ring (bicyclic) bond motifs is 1. The van der Waals surface area contributed by atoms with E-state index >= 15 is 0 Å². The third kappa shape index (κ3) is 4.54. The van der Waals surface area contributed by atoms with Crippen LogP contribution < -0.4 is 19.6 Å². The molecule has 2 heterocycles. The van der Waals surface area contributed by atoms with Gasteiger partial charge in [0.15, 0.2) is 17.3 Å². The van der Waals surface area contributed by atoms with Gasteiger partial charge in [-0.05, 0) is 55.3 Å². The molecule has 0 radical (unpaired) electrons. The second-order valence-electron chi connectivity index (χ2n) is 6.66. The summed E-state index contributed by atoms with van der Waals surface area (Å²) in [5.74, 6) is 1.72. The van der Waals surface area contributed by atoms with Gasteiger partial charge < -0.3 is 9.47 Å². The minimum atomic E-state index is -0.242. The minimum absolute atomic E-state index is 0.242. The minimum Gasteiger partial charge on any atom is -0.490 e. The van der Waals surface area contributed by atoms with Crippen molar-refractivity contribution >= 4 is 45.6 Å². The molecular formula is C22H19Cl2N3O3S. The molecule has 2 aromatic heterocycles. The molecule has 0 N–H and O–H groups in total. The van der Waals surface area contributed by atoms with E-state index in [1.807, 2.05) is 32.0 Å². The molecule has 0 aliphatic carbocycles. The molecule has 0 aliphatic rings. The summed E-state index contributed by atoms with van der Waals surface area (Å²) >= 11 is 13.5. The Kier molecular flexibility index (Phi) is 6.46. The summed E-state index contributed by atoms with van der Waals surface area (Å²) in [5, 5.41) is 5.29. The van der Waals surface area contributed by atoms with Crippen LogP contribution in [0, 0.1) is 0 Å². The number of hydrogen-bond donors (Lipinski definition) is 0. The van der Waals surface area contributed by atoms with Crippen LogP contribution in [0.15, 0.2) is 41.2 Å². The summed E-state index contributed by atoms with van der Waals surface area (Å²) in [5.41, 5.74) is 1.21. The average Bonchev–Trinajstić information content (AvgIpc) is 3.27. The van der Waals surface area contributed by atoms with Crippen molar-refractivity contribution < 1.29 is 9.47 Å². The molecule has 0 aliphatic heterocycles. The van der Waals surface area contributed by atoms with Gasteiger partial charge in [0.25, 0.3) is 5.56 Å². The van der Waals surface area contributed by atoms with E-state index in [1.54, 1.807) is 24.3 Å². The van der Waals surface area contributed by atoms with E-state index in [0.29, 0.717) is 55.6 Å². The largest absolute Gasteiger partial charge is 0.490 e. The lowest BCUT2D eigenvalue weighted by Gasteiger charge is -2.11. The first-order chi connectivity index (χ1) is 15.0. The number of nitrogens with zero attached hydrogens (tertiary/aromatic N) is 3. The van der Waals surface area contributed by atoms with Gasteiger partial charge in [-0.3, -0.25) is 4.79 Å². The quantitative estimate of drug-likeness (QED) is 0.381. The fourth-order valence-electron chi connectivity index (χ4n) is 2.98. The zero-order valence-corrected chi connectivity index (χ0v) is 19.2. The number of halogens is 2. The van der Waals surface area contributed by atoms with Gasteiger partial charge in [0.05, 0.1) is 22.8 Å². The van der Waals surface area contributed by atoms with Crippen molar-refractivity contribution in [3.05, 3.63) is 66.9 Å². The predicted molar refractivity (Wildman–Crippen MR) is 125 cm³/mol. The molecule has 2 aromatic carbocycles. The standard InChI is InChI=1S/C22H19Cl2N3O3S/c1-3-9-30-17-8-5-13(10-18(17)29-4-2)11-19-21(28)27-22(31-19)25-20(26-27)15-7-6-14(23)12-16(15)24/h5-8,10-12H,3-4,9H2,1-2H3. The fraction of sp³-hybridized carbons (Fsp3) is 0.227. The van der Waals surface area contributed by atoms with E-state index in [9.17, 15) is 4.79 Å². The summed E-state index contributed by atoms with van der Waals surface area (Å²) in [4.78, 5) is 17.8. The van der Waals surface area contributed by atoms with Crippen molar-refractivity contribution in [1.29, 1.82) is 0 Å². The Balaban J connectivity index is 1.71. The zero-order chi connectivity index (χ0) is 22.0. The second-order valence-corrected chi connectivity index (χ2v) is 8.51. The highest BCUT2D eigenvalue weighted by atomic mass is 35.5.